The third-order valence-corrected chi connectivity index (χ3v) is 4.29. The molecule has 0 fully saturated rings. The van der Waals surface area contributed by atoms with E-state index in [2.05, 4.69) is 20.6 Å². The number of hydrogen-bond donors (Lipinski definition) is 3. The van der Waals surface area contributed by atoms with E-state index in [9.17, 15) is 27.1 Å². The molecule has 0 amide bonds. The zero-order valence-corrected chi connectivity index (χ0v) is 13.9. The number of rotatable bonds is 3. The van der Waals surface area contributed by atoms with Crippen molar-refractivity contribution in [2.24, 2.45) is 0 Å². The van der Waals surface area contributed by atoms with Gasteiger partial charge in [0.25, 0.3) is 0 Å². The number of aliphatic hydroxyl groups is 1. The lowest BCUT2D eigenvalue weighted by atomic mass is 9.96. The summed E-state index contributed by atoms with van der Waals surface area (Å²) < 4.78 is 67.2. The van der Waals surface area contributed by atoms with Crippen LogP contribution < -0.4 is 15.2 Å². The Bertz CT molecular complexity index is 721. The molecule has 6 nitrogen and oxygen atoms in total. The van der Waals surface area contributed by atoms with E-state index < -0.39 is 37.3 Å². The predicted octanol–water partition coefficient (Wildman–Crippen LogP) is 2.12. The van der Waals surface area contributed by atoms with E-state index >= 15 is 0 Å². The van der Waals surface area contributed by atoms with Crippen molar-refractivity contribution in [1.29, 1.82) is 0 Å². The highest BCUT2D eigenvalue weighted by atomic mass is 19.4. The SMILES string of the molecule is C[C@@H](Nc1nc2[n+](c(C3=CC(O)CCC3)n1)CC(F)(F)CN2)C(F)(F)F. The maximum absolute atomic E-state index is 13.8. The normalized spacial score (nSPS) is 23.5. The molecule has 0 bridgehead atoms. The molecule has 1 aromatic heterocycles. The van der Waals surface area contributed by atoms with Crippen LogP contribution in [0.25, 0.3) is 5.57 Å². The lowest BCUT2D eigenvalue weighted by molar-refractivity contribution is -0.711. The Morgan fingerprint density at radius 3 is 2.77 bits per heavy atom. The molecule has 1 aliphatic heterocycles. The molecule has 3 N–H and O–H groups in total. The number of hydrogen-bond acceptors (Lipinski definition) is 5. The fraction of sp³-hybridized carbons (Fsp3) is 0.667. The molecule has 2 heterocycles. The van der Waals surface area contributed by atoms with Gasteiger partial charge in [0.05, 0.1) is 6.10 Å². The van der Waals surface area contributed by atoms with Crippen LogP contribution in [0.5, 0.6) is 0 Å². The average molecular weight is 380 g/mol. The summed E-state index contributed by atoms with van der Waals surface area (Å²) in [6.45, 7) is -0.437. The highest BCUT2D eigenvalue weighted by molar-refractivity contribution is 5.60. The van der Waals surface area contributed by atoms with Crippen molar-refractivity contribution in [1.82, 2.24) is 9.97 Å². The minimum Gasteiger partial charge on any atom is -0.389 e. The van der Waals surface area contributed by atoms with Gasteiger partial charge in [0.1, 0.15) is 19.1 Å². The van der Waals surface area contributed by atoms with Crippen LogP contribution in [0.4, 0.5) is 33.8 Å². The van der Waals surface area contributed by atoms with Crippen molar-refractivity contribution in [3.8, 4) is 0 Å². The summed E-state index contributed by atoms with van der Waals surface area (Å²) in [4.78, 5) is 7.96. The molecular formula is C15H19F5N5O+. The summed E-state index contributed by atoms with van der Waals surface area (Å²) in [6, 6.07) is -1.91. The van der Waals surface area contributed by atoms with Gasteiger partial charge in [-0.15, -0.1) is 0 Å². The number of fused-ring (bicyclic) bond motifs is 1. The number of allylic oxidation sites excluding steroid dienone is 1. The number of halogens is 5. The largest absolute Gasteiger partial charge is 0.408 e. The molecule has 11 heteroatoms. The lowest BCUT2D eigenvalue weighted by Gasteiger charge is -2.25. The first kappa shape index (κ1) is 18.7. The number of aromatic nitrogens is 3. The van der Waals surface area contributed by atoms with E-state index in [1.165, 1.54) is 6.08 Å². The average Bonchev–Trinajstić information content (AvgIpc) is 2.53. The molecular weight excluding hydrogens is 361 g/mol. The van der Waals surface area contributed by atoms with Crippen LogP contribution in [0.1, 0.15) is 32.0 Å². The van der Waals surface area contributed by atoms with Crippen LogP contribution in [-0.2, 0) is 6.54 Å². The summed E-state index contributed by atoms with van der Waals surface area (Å²) in [6.07, 6.45) is -2.11. The molecule has 1 unspecified atom stereocenters. The zero-order chi connectivity index (χ0) is 19.1. The van der Waals surface area contributed by atoms with Gasteiger partial charge < -0.3 is 10.4 Å². The molecule has 0 saturated carbocycles. The van der Waals surface area contributed by atoms with Crippen molar-refractivity contribution < 1.29 is 31.6 Å². The minimum atomic E-state index is -4.51. The van der Waals surface area contributed by atoms with Crippen molar-refractivity contribution in [3.05, 3.63) is 11.9 Å². The van der Waals surface area contributed by atoms with Crippen molar-refractivity contribution in [2.45, 2.75) is 57.0 Å². The monoisotopic (exact) mass is 380 g/mol. The highest BCUT2D eigenvalue weighted by Gasteiger charge is 2.42. The first-order valence-electron chi connectivity index (χ1n) is 8.21. The summed E-state index contributed by atoms with van der Waals surface area (Å²) >= 11 is 0. The number of aliphatic hydroxyl groups excluding tert-OH is 1. The van der Waals surface area contributed by atoms with Gasteiger partial charge in [0.2, 0.25) is 5.82 Å². The number of nitrogens with zero attached hydrogens (tertiary/aromatic N) is 3. The number of nitrogens with one attached hydrogen (secondary N) is 2. The fourth-order valence-electron chi connectivity index (χ4n) is 2.90. The van der Waals surface area contributed by atoms with Gasteiger partial charge in [0, 0.05) is 5.57 Å². The van der Waals surface area contributed by atoms with Crippen molar-refractivity contribution in [2.75, 3.05) is 17.2 Å². The van der Waals surface area contributed by atoms with Gasteiger partial charge in [-0.3, -0.25) is 5.32 Å². The molecule has 1 aromatic rings. The van der Waals surface area contributed by atoms with Gasteiger partial charge in [-0.1, -0.05) is 9.97 Å². The Balaban J connectivity index is 2.03. The molecule has 1 aliphatic carbocycles. The van der Waals surface area contributed by atoms with Gasteiger partial charge >= 0.3 is 24.0 Å². The third kappa shape index (κ3) is 4.02. The molecule has 2 atom stereocenters. The second-order valence-electron chi connectivity index (χ2n) is 6.55. The third-order valence-electron chi connectivity index (χ3n) is 4.29. The maximum atomic E-state index is 13.8. The first-order chi connectivity index (χ1) is 12.0. The second-order valence-corrected chi connectivity index (χ2v) is 6.55. The highest BCUT2D eigenvalue weighted by Crippen LogP contribution is 2.28. The van der Waals surface area contributed by atoms with E-state index in [0.717, 1.165) is 11.5 Å². The quantitative estimate of drug-likeness (QED) is 0.553. The number of alkyl halides is 5. The fourth-order valence-corrected chi connectivity index (χ4v) is 2.90. The summed E-state index contributed by atoms with van der Waals surface area (Å²) in [7, 11) is 0. The topological polar surface area (TPSA) is 74.0 Å². The molecule has 144 valence electrons. The number of anilines is 2. The minimum absolute atomic E-state index is 0.0127. The van der Waals surface area contributed by atoms with E-state index in [4.69, 9.17) is 0 Å². The van der Waals surface area contributed by atoms with E-state index in [1.54, 1.807) is 0 Å². The molecule has 26 heavy (non-hydrogen) atoms. The molecule has 0 aromatic carbocycles. The summed E-state index contributed by atoms with van der Waals surface area (Å²) in [5, 5.41) is 14.4. The van der Waals surface area contributed by atoms with E-state index in [0.29, 0.717) is 24.8 Å². The van der Waals surface area contributed by atoms with Crippen LogP contribution in [0.2, 0.25) is 0 Å². The van der Waals surface area contributed by atoms with Gasteiger partial charge in [-0.05, 0) is 32.3 Å². The van der Waals surface area contributed by atoms with Crippen LogP contribution in [0.15, 0.2) is 6.08 Å². The van der Waals surface area contributed by atoms with Crippen LogP contribution in [0.3, 0.4) is 0 Å². The van der Waals surface area contributed by atoms with Crippen molar-refractivity contribution in [3.63, 3.8) is 0 Å². The first-order valence-corrected chi connectivity index (χ1v) is 8.21. The molecule has 0 radical (unpaired) electrons. The molecule has 0 spiro atoms. The van der Waals surface area contributed by atoms with Gasteiger partial charge in [0.15, 0.2) is 0 Å². The van der Waals surface area contributed by atoms with Crippen molar-refractivity contribution >= 4 is 17.5 Å². The standard InChI is InChI=1S/C15H18F5N5O/c1-8(15(18,19)20)22-12-23-11(9-3-2-4-10(26)5-9)25-7-14(16,17)6-21-13(25)24-12/h5,8,10,26H,2-4,6-7H2,1H3,(H,21,22,24)/p+1/t8-,10?/m1/s1. The van der Waals surface area contributed by atoms with E-state index in [-0.39, 0.29) is 17.7 Å². The Morgan fingerprint density at radius 2 is 2.12 bits per heavy atom. The lowest BCUT2D eigenvalue weighted by Crippen LogP contribution is -2.56. The zero-order valence-electron chi connectivity index (χ0n) is 13.9. The van der Waals surface area contributed by atoms with Crippen LogP contribution in [0, 0.1) is 0 Å². The second kappa shape index (κ2) is 6.60. The van der Waals surface area contributed by atoms with Gasteiger partial charge in [-0.25, -0.2) is 13.3 Å². The Hall–Kier alpha value is -2.04. The smallest absolute Gasteiger partial charge is 0.389 e. The van der Waals surface area contributed by atoms with Crippen LogP contribution >= 0.6 is 0 Å². The predicted molar refractivity (Wildman–Crippen MR) is 82.6 cm³/mol. The summed E-state index contributed by atoms with van der Waals surface area (Å²) in [5.74, 6) is -3.26. The molecule has 2 aliphatic rings. The molecule has 3 rings (SSSR count). The van der Waals surface area contributed by atoms with Gasteiger partial charge in [-0.2, -0.15) is 13.2 Å². The Labute approximate surface area is 146 Å². The van der Waals surface area contributed by atoms with Crippen LogP contribution in [-0.4, -0.2) is 45.9 Å². The Kier molecular flexibility index (Phi) is 4.76. The molecule has 0 saturated heterocycles. The van der Waals surface area contributed by atoms with E-state index in [1.807, 2.05) is 0 Å². The maximum Gasteiger partial charge on any atom is 0.408 e. The summed E-state index contributed by atoms with van der Waals surface area (Å²) in [5.41, 5.74) is 0.509. The Morgan fingerprint density at radius 1 is 1.38 bits per heavy atom.